The molecule has 0 unspecified atom stereocenters. The molecule has 3 atom stereocenters. The number of pyridine rings is 1. The van der Waals surface area contributed by atoms with Crippen LogP contribution in [-0.2, 0) is 22.5 Å². The van der Waals surface area contributed by atoms with E-state index in [0.717, 1.165) is 41.8 Å². The number of aryl methyl sites for hydroxylation is 1. The first-order chi connectivity index (χ1) is 25.9. The molecule has 286 valence electrons. The number of carbonyl (C=O) groups excluding carboxylic acids is 1. The average molecular weight is 799 g/mol. The van der Waals surface area contributed by atoms with Gasteiger partial charge in [-0.2, -0.15) is 0 Å². The maximum absolute atomic E-state index is 15.0. The summed E-state index contributed by atoms with van der Waals surface area (Å²) in [5.74, 6) is 0.858. The molecule has 0 spiro atoms. The zero-order chi connectivity index (χ0) is 38.3. The molecule has 2 aromatic carbocycles. The molecular weight excluding hydrogens is 757 g/mol. The number of benzene rings is 2. The van der Waals surface area contributed by atoms with E-state index >= 15 is 0 Å². The van der Waals surface area contributed by atoms with Gasteiger partial charge < -0.3 is 34.4 Å². The van der Waals surface area contributed by atoms with E-state index in [0.29, 0.717) is 58.1 Å². The summed E-state index contributed by atoms with van der Waals surface area (Å²) in [7, 11) is 1.64. The normalized spacial score (nSPS) is 21.1. The maximum Gasteiger partial charge on any atom is 0.408 e. The van der Waals surface area contributed by atoms with Crippen LogP contribution in [0.2, 0.25) is 15.1 Å². The van der Waals surface area contributed by atoms with Gasteiger partial charge in [-0.15, -0.1) is 0 Å². The van der Waals surface area contributed by atoms with E-state index in [-0.39, 0.29) is 49.7 Å². The first kappa shape index (κ1) is 38.1. The second kappa shape index (κ2) is 15.9. The Hall–Kier alpha value is -4.23. The monoisotopic (exact) mass is 797 g/mol. The molecule has 12 nitrogen and oxygen atoms in total. The number of carbonyl (C=O) groups is 3. The van der Waals surface area contributed by atoms with Crippen molar-refractivity contribution in [1.29, 1.82) is 0 Å². The van der Waals surface area contributed by atoms with Crippen molar-refractivity contribution in [2.24, 2.45) is 0 Å². The number of fused-ring (bicyclic) bond motifs is 2. The largest absolute Gasteiger partial charge is 0.485 e. The number of nitrogens with zero attached hydrogens (tertiary/aromatic N) is 5. The molecule has 7 rings (SSSR count). The van der Waals surface area contributed by atoms with E-state index < -0.39 is 24.3 Å². The van der Waals surface area contributed by atoms with Crippen LogP contribution in [0, 0.1) is 6.92 Å². The predicted molar refractivity (Wildman–Crippen MR) is 206 cm³/mol. The molecule has 54 heavy (non-hydrogen) atoms. The Kier molecular flexibility index (Phi) is 11.2. The van der Waals surface area contributed by atoms with E-state index in [9.17, 15) is 24.6 Å². The van der Waals surface area contributed by atoms with Crippen molar-refractivity contribution < 1.29 is 34.1 Å². The molecule has 15 heteroatoms. The number of hydrogen-bond acceptors (Lipinski definition) is 7. The summed E-state index contributed by atoms with van der Waals surface area (Å²) in [6, 6.07) is 11.4. The summed E-state index contributed by atoms with van der Waals surface area (Å²) >= 11 is 19.6. The average Bonchev–Trinajstić information content (AvgIpc) is 3.87. The number of amides is 3. The number of carboxylic acid groups (broad SMARTS) is 2. The Morgan fingerprint density at radius 1 is 0.944 bits per heavy atom. The molecule has 3 aromatic rings. The maximum atomic E-state index is 15.0. The van der Waals surface area contributed by atoms with E-state index in [1.807, 2.05) is 49.4 Å². The number of ether oxygens (including phenoxy) is 2. The Balaban J connectivity index is 1.20. The van der Waals surface area contributed by atoms with Crippen molar-refractivity contribution in [3.63, 3.8) is 0 Å². The van der Waals surface area contributed by atoms with Crippen molar-refractivity contribution in [1.82, 2.24) is 19.7 Å². The minimum Gasteiger partial charge on any atom is -0.485 e. The Bertz CT molecular complexity index is 1950. The number of piperazine rings is 1. The van der Waals surface area contributed by atoms with Gasteiger partial charge in [-0.1, -0.05) is 46.9 Å². The highest BCUT2D eigenvalue weighted by Crippen LogP contribution is 2.42. The van der Waals surface area contributed by atoms with Crippen LogP contribution >= 0.6 is 34.8 Å². The SMILES string of the molecule is COCCc1ccc(Cl)c(CN(C(=O)C2=C(c3ccc(N4CC[C@@H](Oc5c(Cl)cc(C)cc5Cl)C4)nc3)C[C@@H]3CN(C(=O)O)C[C@H]2N3C(=O)O)C2CC2)c1. The van der Waals surface area contributed by atoms with E-state index in [4.69, 9.17) is 49.3 Å². The molecule has 1 aromatic heterocycles. The molecule has 1 saturated carbocycles. The molecule has 4 aliphatic rings. The highest BCUT2D eigenvalue weighted by Gasteiger charge is 2.49. The van der Waals surface area contributed by atoms with Gasteiger partial charge in [0.2, 0.25) is 0 Å². The fourth-order valence-corrected chi connectivity index (χ4v) is 8.73. The van der Waals surface area contributed by atoms with Gasteiger partial charge in [0.25, 0.3) is 5.91 Å². The number of aromatic nitrogens is 1. The first-order valence-electron chi connectivity index (χ1n) is 18.0. The summed E-state index contributed by atoms with van der Waals surface area (Å²) in [5.41, 5.74) is 4.37. The van der Waals surface area contributed by atoms with Crippen LogP contribution in [0.4, 0.5) is 15.4 Å². The van der Waals surface area contributed by atoms with Gasteiger partial charge in [0.05, 0.1) is 35.3 Å². The predicted octanol–water partition coefficient (Wildman–Crippen LogP) is 7.26. The van der Waals surface area contributed by atoms with Crippen LogP contribution in [0.1, 0.15) is 47.9 Å². The molecule has 3 aliphatic heterocycles. The van der Waals surface area contributed by atoms with Crippen molar-refractivity contribution in [3.8, 4) is 5.75 Å². The summed E-state index contributed by atoms with van der Waals surface area (Å²) < 4.78 is 11.5. The zero-order valence-electron chi connectivity index (χ0n) is 30.0. The molecule has 2 N–H and O–H groups in total. The lowest BCUT2D eigenvalue weighted by Crippen LogP contribution is -2.65. The number of rotatable bonds is 11. The standard InChI is InChI=1S/C39H42Cl3N5O7/c1-22-13-31(41)36(32(42)14-22)54-28-9-11-44(20-28)34-8-4-24(17-43-34)29-16-27-19-45(38(49)50)21-33(47(27)39(51)52)35(29)37(48)46(26-5-6-26)18-25-15-23(10-12-53-2)3-7-30(25)40/h3-4,7-8,13-15,17,26-28,33H,5-6,9-12,16,18-21H2,1-2H3,(H,49,50)(H,51,52)/t27-,28-,33-/m1/s1. The lowest BCUT2D eigenvalue weighted by atomic mass is 9.81. The van der Waals surface area contributed by atoms with Gasteiger partial charge in [0, 0.05) is 62.5 Å². The van der Waals surface area contributed by atoms with E-state index in [1.54, 1.807) is 18.2 Å². The van der Waals surface area contributed by atoms with Crippen LogP contribution in [0.3, 0.4) is 0 Å². The molecule has 0 radical (unpaired) electrons. The lowest BCUT2D eigenvalue weighted by molar-refractivity contribution is -0.129. The Labute approximate surface area is 328 Å². The highest BCUT2D eigenvalue weighted by molar-refractivity contribution is 6.37. The van der Waals surface area contributed by atoms with Gasteiger partial charge in [0.1, 0.15) is 11.9 Å². The smallest absolute Gasteiger partial charge is 0.408 e. The molecular formula is C39H42Cl3N5O7. The van der Waals surface area contributed by atoms with Crippen molar-refractivity contribution in [3.05, 3.63) is 91.6 Å². The molecule has 2 bridgehead atoms. The second-order valence-electron chi connectivity index (χ2n) is 14.4. The quantitative estimate of drug-likeness (QED) is 0.206. The molecule has 2 saturated heterocycles. The second-order valence-corrected chi connectivity index (χ2v) is 15.6. The van der Waals surface area contributed by atoms with E-state index in [2.05, 4.69) is 4.90 Å². The van der Waals surface area contributed by atoms with Crippen molar-refractivity contribution in [2.75, 3.05) is 44.8 Å². The van der Waals surface area contributed by atoms with Crippen LogP contribution < -0.4 is 9.64 Å². The number of hydrogen-bond donors (Lipinski definition) is 2. The van der Waals surface area contributed by atoms with Gasteiger partial charge >= 0.3 is 12.2 Å². The lowest BCUT2D eigenvalue weighted by Gasteiger charge is -2.49. The topological polar surface area (TPSA) is 136 Å². The van der Waals surface area contributed by atoms with Crippen LogP contribution in [0.5, 0.6) is 5.75 Å². The third-order valence-electron chi connectivity index (χ3n) is 10.7. The molecule has 4 heterocycles. The zero-order valence-corrected chi connectivity index (χ0v) is 32.3. The summed E-state index contributed by atoms with van der Waals surface area (Å²) in [4.78, 5) is 51.1. The van der Waals surface area contributed by atoms with E-state index in [1.165, 1.54) is 9.80 Å². The van der Waals surface area contributed by atoms with Crippen LogP contribution in [0.25, 0.3) is 5.57 Å². The summed E-state index contributed by atoms with van der Waals surface area (Å²) in [6.07, 6.45) is 2.37. The van der Waals surface area contributed by atoms with Crippen molar-refractivity contribution in [2.45, 2.75) is 69.8 Å². The minimum atomic E-state index is -1.20. The van der Waals surface area contributed by atoms with Crippen molar-refractivity contribution >= 4 is 64.3 Å². The number of halogens is 3. The van der Waals surface area contributed by atoms with Crippen LogP contribution in [0.15, 0.2) is 54.2 Å². The molecule has 3 fully saturated rings. The number of anilines is 1. The fourth-order valence-electron chi connectivity index (χ4n) is 7.86. The van der Waals surface area contributed by atoms with Gasteiger partial charge in [0.15, 0.2) is 5.75 Å². The van der Waals surface area contributed by atoms with Crippen LogP contribution in [-0.4, -0.2) is 112 Å². The molecule has 3 amide bonds. The third-order valence-corrected chi connectivity index (χ3v) is 11.6. The third kappa shape index (κ3) is 7.93. The molecule has 1 aliphatic carbocycles. The fraction of sp³-hybridized carbons (Fsp3) is 0.436. The highest BCUT2D eigenvalue weighted by atomic mass is 35.5. The Morgan fingerprint density at radius 2 is 1.70 bits per heavy atom. The van der Waals surface area contributed by atoms with Gasteiger partial charge in [-0.3, -0.25) is 9.69 Å². The summed E-state index contributed by atoms with van der Waals surface area (Å²) in [5, 5.41) is 21.9. The minimum absolute atomic E-state index is 0.00495. The van der Waals surface area contributed by atoms with Gasteiger partial charge in [-0.25, -0.2) is 14.6 Å². The first-order valence-corrected chi connectivity index (χ1v) is 19.2. The summed E-state index contributed by atoms with van der Waals surface area (Å²) in [6.45, 7) is 3.76. The van der Waals surface area contributed by atoms with Gasteiger partial charge in [-0.05, 0) is 90.8 Å². The number of methoxy groups -OCH3 is 1. The Morgan fingerprint density at radius 3 is 2.35 bits per heavy atom.